The number of aliphatic imine (C=N–C) groups is 1. The van der Waals surface area contributed by atoms with E-state index in [4.69, 9.17) is 4.42 Å². The van der Waals surface area contributed by atoms with Crippen LogP contribution in [-0.4, -0.2) is 47.6 Å². The van der Waals surface area contributed by atoms with Crippen molar-refractivity contribution in [1.82, 2.24) is 20.5 Å². The Morgan fingerprint density at radius 1 is 1.30 bits per heavy atom. The molecule has 2 aliphatic rings. The molecule has 1 saturated carbocycles. The van der Waals surface area contributed by atoms with Gasteiger partial charge in [-0.1, -0.05) is 18.2 Å². The van der Waals surface area contributed by atoms with E-state index in [0.717, 1.165) is 29.8 Å². The lowest BCUT2D eigenvalue weighted by Crippen LogP contribution is -2.44. The number of benzene rings is 1. The number of hydrogen-bond acceptors (Lipinski definition) is 4. The van der Waals surface area contributed by atoms with E-state index in [9.17, 15) is 0 Å². The summed E-state index contributed by atoms with van der Waals surface area (Å²) < 4.78 is 5.59. The zero-order valence-electron chi connectivity index (χ0n) is 15.9. The lowest BCUT2D eigenvalue weighted by atomic mass is 10.2. The first kappa shape index (κ1) is 20.1. The molecule has 0 bridgehead atoms. The van der Waals surface area contributed by atoms with E-state index in [0.29, 0.717) is 24.5 Å². The van der Waals surface area contributed by atoms with Crippen molar-refractivity contribution in [2.24, 2.45) is 4.99 Å². The van der Waals surface area contributed by atoms with Crippen molar-refractivity contribution in [3.63, 3.8) is 0 Å². The Hall–Kier alpha value is -1.61. The van der Waals surface area contributed by atoms with Gasteiger partial charge in [-0.3, -0.25) is 9.89 Å². The number of nitrogens with zero attached hydrogens (tertiary/aromatic N) is 3. The molecule has 1 aromatic heterocycles. The van der Waals surface area contributed by atoms with Crippen LogP contribution < -0.4 is 10.6 Å². The minimum Gasteiger partial charge on any atom is -0.444 e. The molecule has 1 saturated heterocycles. The van der Waals surface area contributed by atoms with Gasteiger partial charge in [0.1, 0.15) is 6.26 Å². The molecule has 0 radical (unpaired) electrons. The van der Waals surface area contributed by atoms with Gasteiger partial charge in [0.2, 0.25) is 5.89 Å². The van der Waals surface area contributed by atoms with Crippen molar-refractivity contribution in [3.8, 4) is 11.5 Å². The second kappa shape index (κ2) is 9.05. The number of nitrogens with one attached hydrogen (secondary N) is 2. The summed E-state index contributed by atoms with van der Waals surface area (Å²) >= 11 is 0. The highest BCUT2D eigenvalue weighted by Gasteiger charge is 2.38. The van der Waals surface area contributed by atoms with E-state index >= 15 is 0 Å². The highest BCUT2D eigenvalue weighted by Crippen LogP contribution is 2.33. The third-order valence-electron chi connectivity index (χ3n) is 5.21. The van der Waals surface area contributed by atoms with Gasteiger partial charge >= 0.3 is 0 Å². The summed E-state index contributed by atoms with van der Waals surface area (Å²) in [6, 6.07) is 11.9. The first-order valence-electron chi connectivity index (χ1n) is 9.45. The van der Waals surface area contributed by atoms with Crippen molar-refractivity contribution in [2.45, 2.75) is 50.9 Å². The van der Waals surface area contributed by atoms with Crippen LogP contribution in [0.25, 0.3) is 11.5 Å². The van der Waals surface area contributed by atoms with E-state index in [-0.39, 0.29) is 24.0 Å². The van der Waals surface area contributed by atoms with E-state index in [2.05, 4.69) is 32.4 Å². The zero-order valence-corrected chi connectivity index (χ0v) is 18.2. The Kier molecular flexibility index (Phi) is 6.75. The number of guanidine groups is 1. The van der Waals surface area contributed by atoms with E-state index in [1.807, 2.05) is 37.4 Å². The molecule has 1 aromatic carbocycles. The predicted octanol–water partition coefficient (Wildman–Crippen LogP) is 3.25. The first-order valence-corrected chi connectivity index (χ1v) is 9.45. The Morgan fingerprint density at radius 2 is 2.07 bits per heavy atom. The number of oxazole rings is 1. The molecule has 4 rings (SSSR count). The third-order valence-corrected chi connectivity index (χ3v) is 5.21. The molecule has 0 amide bonds. The second-order valence-electron chi connectivity index (χ2n) is 7.29. The molecule has 2 atom stereocenters. The fourth-order valence-electron chi connectivity index (χ4n) is 3.74. The molecule has 0 spiro atoms. The minimum atomic E-state index is 0. The number of rotatable bonds is 5. The molecule has 27 heavy (non-hydrogen) atoms. The average molecular weight is 481 g/mol. The monoisotopic (exact) mass is 481 g/mol. The molecule has 7 heteroatoms. The van der Waals surface area contributed by atoms with Crippen molar-refractivity contribution in [1.29, 1.82) is 0 Å². The number of halogens is 1. The lowest BCUT2D eigenvalue weighted by Gasteiger charge is -2.20. The van der Waals surface area contributed by atoms with Crippen LogP contribution in [0, 0.1) is 0 Å². The van der Waals surface area contributed by atoms with Crippen molar-refractivity contribution in [3.05, 3.63) is 42.3 Å². The van der Waals surface area contributed by atoms with Crippen LogP contribution in [0.15, 0.2) is 46.0 Å². The molecule has 6 nitrogen and oxygen atoms in total. The van der Waals surface area contributed by atoms with Crippen molar-refractivity contribution in [2.75, 3.05) is 13.6 Å². The van der Waals surface area contributed by atoms with Crippen LogP contribution in [0.1, 0.15) is 31.9 Å². The van der Waals surface area contributed by atoms with Gasteiger partial charge in [0.15, 0.2) is 5.96 Å². The highest BCUT2D eigenvalue weighted by molar-refractivity contribution is 14.0. The summed E-state index contributed by atoms with van der Waals surface area (Å²) in [6.07, 6.45) is 5.59. The molecule has 146 valence electrons. The Bertz CT molecular complexity index is 759. The molecule has 2 N–H and O–H groups in total. The van der Waals surface area contributed by atoms with E-state index in [1.165, 1.54) is 19.3 Å². The smallest absolute Gasteiger partial charge is 0.226 e. The molecule has 2 fully saturated rings. The number of aromatic nitrogens is 1. The normalized spacial score (nSPS) is 23.1. The molecule has 2 unspecified atom stereocenters. The molecule has 2 aromatic rings. The third kappa shape index (κ3) is 5.01. The van der Waals surface area contributed by atoms with Crippen LogP contribution in [0.2, 0.25) is 0 Å². The van der Waals surface area contributed by atoms with Gasteiger partial charge in [-0.2, -0.15) is 0 Å². The van der Waals surface area contributed by atoms with Gasteiger partial charge < -0.3 is 15.1 Å². The van der Waals surface area contributed by atoms with Gasteiger partial charge in [-0.25, -0.2) is 4.98 Å². The summed E-state index contributed by atoms with van der Waals surface area (Å²) in [5.74, 6) is 1.47. The van der Waals surface area contributed by atoms with Gasteiger partial charge in [0.25, 0.3) is 0 Å². The van der Waals surface area contributed by atoms with Gasteiger partial charge in [-0.05, 0) is 38.3 Å². The standard InChI is InChI=1S/C20H27N5O.HI/c1-14-10-16(12-25(14)18-8-9-18)24-20(21-2)22-11-17-13-26-19(23-17)15-6-4-3-5-7-15;/h3-7,13-14,16,18H,8-12H2,1-2H3,(H2,21,22,24);1H. The minimum absolute atomic E-state index is 0. The zero-order chi connectivity index (χ0) is 17.9. The molecule has 2 heterocycles. The van der Waals surface area contributed by atoms with Crippen LogP contribution in [0.3, 0.4) is 0 Å². The fourth-order valence-corrected chi connectivity index (χ4v) is 3.74. The van der Waals surface area contributed by atoms with Crippen LogP contribution in [0.5, 0.6) is 0 Å². The van der Waals surface area contributed by atoms with Gasteiger partial charge in [0.05, 0.1) is 12.2 Å². The largest absolute Gasteiger partial charge is 0.444 e. The summed E-state index contributed by atoms with van der Waals surface area (Å²) in [7, 11) is 1.81. The molecule has 1 aliphatic carbocycles. The Labute approximate surface area is 177 Å². The van der Waals surface area contributed by atoms with Crippen molar-refractivity contribution >= 4 is 29.9 Å². The fraction of sp³-hybridized carbons (Fsp3) is 0.500. The lowest BCUT2D eigenvalue weighted by molar-refractivity contribution is 0.256. The van der Waals surface area contributed by atoms with Crippen LogP contribution in [-0.2, 0) is 6.54 Å². The van der Waals surface area contributed by atoms with Crippen LogP contribution >= 0.6 is 24.0 Å². The summed E-state index contributed by atoms with van der Waals surface area (Å²) in [4.78, 5) is 11.5. The number of likely N-dealkylation sites (tertiary alicyclic amines) is 1. The second-order valence-corrected chi connectivity index (χ2v) is 7.29. The maximum absolute atomic E-state index is 5.59. The quantitative estimate of drug-likeness (QED) is 0.390. The maximum Gasteiger partial charge on any atom is 0.226 e. The van der Waals surface area contributed by atoms with E-state index < -0.39 is 0 Å². The van der Waals surface area contributed by atoms with E-state index in [1.54, 1.807) is 6.26 Å². The van der Waals surface area contributed by atoms with Gasteiger partial charge in [0, 0.05) is 37.3 Å². The molecule has 1 aliphatic heterocycles. The average Bonchev–Trinajstić information content (AvgIpc) is 3.28. The summed E-state index contributed by atoms with van der Waals surface area (Å²) in [6.45, 7) is 4.02. The predicted molar refractivity (Wildman–Crippen MR) is 118 cm³/mol. The maximum atomic E-state index is 5.59. The molecular weight excluding hydrogens is 453 g/mol. The van der Waals surface area contributed by atoms with Crippen LogP contribution in [0.4, 0.5) is 0 Å². The summed E-state index contributed by atoms with van der Waals surface area (Å²) in [5, 5.41) is 6.91. The van der Waals surface area contributed by atoms with Gasteiger partial charge in [-0.15, -0.1) is 24.0 Å². The topological polar surface area (TPSA) is 65.7 Å². The number of hydrogen-bond donors (Lipinski definition) is 2. The molecular formula is C20H28IN5O. The Balaban J connectivity index is 0.00000210. The SMILES string of the molecule is CN=C(NCc1coc(-c2ccccc2)n1)NC1CC(C)N(C2CC2)C1.I. The van der Waals surface area contributed by atoms with Crippen molar-refractivity contribution < 1.29 is 4.42 Å². The first-order chi connectivity index (χ1) is 12.7. The highest BCUT2D eigenvalue weighted by atomic mass is 127. The Morgan fingerprint density at radius 3 is 2.78 bits per heavy atom. The summed E-state index contributed by atoms with van der Waals surface area (Å²) in [5.41, 5.74) is 1.85.